The predicted octanol–water partition coefficient (Wildman–Crippen LogP) is 2.89. The fourth-order valence-corrected chi connectivity index (χ4v) is 1.62. The first-order valence-corrected chi connectivity index (χ1v) is 6.95. The maximum absolute atomic E-state index is 12.8. The van der Waals surface area contributed by atoms with E-state index < -0.39 is 18.1 Å². The van der Waals surface area contributed by atoms with Gasteiger partial charge in [-0.3, -0.25) is 0 Å². The number of rotatable bonds is 8. The Morgan fingerprint density at radius 2 is 1.76 bits per heavy atom. The Labute approximate surface area is 122 Å². The maximum Gasteiger partial charge on any atom is 0.451 e. The Morgan fingerprint density at radius 3 is 2.24 bits per heavy atom. The monoisotopic (exact) mass is 306 g/mol. The number of hydrogen-bond donors (Lipinski definition) is 3. The lowest BCUT2D eigenvalue weighted by molar-refractivity contribution is -0.144. The number of anilines is 2. The summed E-state index contributed by atoms with van der Waals surface area (Å²) in [6, 6.07) is 1.45. The van der Waals surface area contributed by atoms with Gasteiger partial charge in [-0.15, -0.1) is 0 Å². The highest BCUT2D eigenvalue weighted by atomic mass is 19.4. The third-order valence-electron chi connectivity index (χ3n) is 2.64. The summed E-state index contributed by atoms with van der Waals surface area (Å²) in [4.78, 5) is 6.95. The maximum atomic E-state index is 12.8. The topological polar surface area (TPSA) is 70.1 Å². The third-order valence-corrected chi connectivity index (χ3v) is 2.64. The number of aromatic nitrogens is 2. The van der Waals surface area contributed by atoms with Crippen molar-refractivity contribution in [1.82, 2.24) is 9.97 Å². The molecule has 0 saturated carbocycles. The van der Waals surface area contributed by atoms with Crippen LogP contribution in [0, 0.1) is 0 Å². The number of aliphatic hydroxyl groups is 1. The molecule has 21 heavy (non-hydrogen) atoms. The van der Waals surface area contributed by atoms with Crippen molar-refractivity contribution in [2.24, 2.45) is 0 Å². The van der Waals surface area contributed by atoms with Crippen molar-refractivity contribution in [3.63, 3.8) is 0 Å². The van der Waals surface area contributed by atoms with Crippen molar-refractivity contribution in [3.05, 3.63) is 11.9 Å². The van der Waals surface area contributed by atoms with Crippen molar-refractivity contribution in [2.75, 3.05) is 23.7 Å². The number of nitrogens with zero attached hydrogens (tertiary/aromatic N) is 2. The average molecular weight is 306 g/mol. The van der Waals surface area contributed by atoms with Crippen LogP contribution in [0.3, 0.4) is 0 Å². The van der Waals surface area contributed by atoms with Crippen LogP contribution >= 0.6 is 0 Å². The summed E-state index contributed by atoms with van der Waals surface area (Å²) < 4.78 is 38.3. The van der Waals surface area contributed by atoms with Gasteiger partial charge in [0.25, 0.3) is 0 Å². The molecule has 0 saturated heterocycles. The first-order valence-electron chi connectivity index (χ1n) is 6.95. The number of hydrogen-bond acceptors (Lipinski definition) is 5. The average Bonchev–Trinajstić information content (AvgIpc) is 2.40. The van der Waals surface area contributed by atoms with Gasteiger partial charge < -0.3 is 15.7 Å². The summed E-state index contributed by atoms with van der Waals surface area (Å²) in [7, 11) is 0. The quantitative estimate of drug-likeness (QED) is 0.644. The van der Waals surface area contributed by atoms with Crippen molar-refractivity contribution in [3.8, 4) is 0 Å². The zero-order valence-electron chi connectivity index (χ0n) is 12.2. The van der Waals surface area contributed by atoms with E-state index in [1.54, 1.807) is 6.92 Å². The number of alkyl halides is 3. The minimum atomic E-state index is -4.58. The number of aliphatic hydroxyl groups excluding tert-OH is 1. The van der Waals surface area contributed by atoms with E-state index in [0.29, 0.717) is 25.9 Å². The number of nitrogens with one attached hydrogen (secondary N) is 2. The van der Waals surface area contributed by atoms with Crippen LogP contribution in [0.15, 0.2) is 6.07 Å². The van der Waals surface area contributed by atoms with Crippen LogP contribution in [0.1, 0.15) is 38.9 Å². The summed E-state index contributed by atoms with van der Waals surface area (Å²) in [6.45, 7) is 4.55. The first-order chi connectivity index (χ1) is 9.82. The predicted molar refractivity (Wildman–Crippen MR) is 75.2 cm³/mol. The summed E-state index contributed by atoms with van der Waals surface area (Å²) in [5, 5.41) is 14.8. The van der Waals surface area contributed by atoms with E-state index in [1.165, 1.54) is 6.07 Å². The Kier molecular flexibility index (Phi) is 6.67. The van der Waals surface area contributed by atoms with Crippen LogP contribution in [-0.2, 0) is 6.18 Å². The van der Waals surface area contributed by atoms with Gasteiger partial charge in [0.05, 0.1) is 6.10 Å². The first kappa shape index (κ1) is 17.5. The van der Waals surface area contributed by atoms with E-state index >= 15 is 0 Å². The van der Waals surface area contributed by atoms with Gasteiger partial charge in [0.2, 0.25) is 5.82 Å². The molecule has 0 spiro atoms. The lowest BCUT2D eigenvalue weighted by Crippen LogP contribution is -2.16. The molecule has 0 fully saturated rings. The Balaban J connectivity index is 2.76. The van der Waals surface area contributed by atoms with Gasteiger partial charge in [-0.25, -0.2) is 9.97 Å². The highest BCUT2D eigenvalue weighted by Crippen LogP contribution is 2.28. The Morgan fingerprint density at radius 1 is 1.19 bits per heavy atom. The van der Waals surface area contributed by atoms with Crippen LogP contribution < -0.4 is 10.6 Å². The van der Waals surface area contributed by atoms with E-state index in [2.05, 4.69) is 20.6 Å². The molecule has 0 aromatic carbocycles. The minimum absolute atomic E-state index is 0.126. The second-order valence-electron chi connectivity index (χ2n) is 4.80. The minimum Gasteiger partial charge on any atom is -0.393 e. The zero-order chi connectivity index (χ0) is 15.9. The van der Waals surface area contributed by atoms with Crippen molar-refractivity contribution in [1.29, 1.82) is 0 Å². The van der Waals surface area contributed by atoms with Crippen molar-refractivity contribution < 1.29 is 18.3 Å². The molecular weight excluding hydrogens is 285 g/mol. The normalized spacial score (nSPS) is 13.0. The molecule has 1 atom stereocenters. The summed E-state index contributed by atoms with van der Waals surface area (Å²) in [5.74, 6) is -0.889. The van der Waals surface area contributed by atoms with E-state index in [9.17, 15) is 13.2 Å². The zero-order valence-corrected chi connectivity index (χ0v) is 12.2. The van der Waals surface area contributed by atoms with Gasteiger partial charge in [-0.1, -0.05) is 6.92 Å². The second kappa shape index (κ2) is 8.02. The lowest BCUT2D eigenvalue weighted by atomic mass is 10.2. The van der Waals surface area contributed by atoms with Crippen molar-refractivity contribution >= 4 is 11.6 Å². The molecule has 120 valence electrons. The van der Waals surface area contributed by atoms with Crippen LogP contribution in [-0.4, -0.2) is 34.3 Å². The molecule has 1 unspecified atom stereocenters. The molecule has 0 amide bonds. The van der Waals surface area contributed by atoms with Crippen molar-refractivity contribution in [2.45, 2.75) is 45.4 Å². The second-order valence-corrected chi connectivity index (χ2v) is 4.80. The highest BCUT2D eigenvalue weighted by molar-refractivity contribution is 5.47. The van der Waals surface area contributed by atoms with Gasteiger partial charge in [0.15, 0.2) is 0 Å². The van der Waals surface area contributed by atoms with E-state index in [-0.39, 0.29) is 11.6 Å². The van der Waals surface area contributed by atoms with Gasteiger partial charge in [0, 0.05) is 19.2 Å². The molecule has 0 aliphatic carbocycles. The highest BCUT2D eigenvalue weighted by Gasteiger charge is 2.35. The van der Waals surface area contributed by atoms with Crippen LogP contribution in [0.4, 0.5) is 24.8 Å². The summed E-state index contributed by atoms with van der Waals surface area (Å²) in [6.07, 6.45) is -3.02. The SMILES string of the molecule is CCCNc1cc(NCCCC(C)O)nc(C(F)(F)F)n1. The molecule has 8 heteroatoms. The molecule has 0 radical (unpaired) electrons. The van der Waals surface area contributed by atoms with E-state index in [4.69, 9.17) is 5.11 Å². The van der Waals surface area contributed by atoms with Gasteiger partial charge in [-0.05, 0) is 26.2 Å². The lowest BCUT2D eigenvalue weighted by Gasteiger charge is -2.12. The van der Waals surface area contributed by atoms with E-state index in [0.717, 1.165) is 6.42 Å². The summed E-state index contributed by atoms with van der Waals surface area (Å²) >= 11 is 0. The molecule has 0 aliphatic rings. The molecule has 1 heterocycles. The third kappa shape index (κ3) is 6.61. The summed E-state index contributed by atoms with van der Waals surface area (Å²) in [5.41, 5.74) is 0. The molecule has 0 bridgehead atoms. The van der Waals surface area contributed by atoms with Gasteiger partial charge in [0.1, 0.15) is 11.6 Å². The van der Waals surface area contributed by atoms with Crippen LogP contribution in [0.2, 0.25) is 0 Å². The molecule has 0 aliphatic heterocycles. The number of halogens is 3. The van der Waals surface area contributed by atoms with Gasteiger partial charge in [-0.2, -0.15) is 13.2 Å². The fourth-order valence-electron chi connectivity index (χ4n) is 1.62. The molecule has 1 rings (SSSR count). The molecule has 5 nitrogen and oxygen atoms in total. The van der Waals surface area contributed by atoms with Gasteiger partial charge >= 0.3 is 6.18 Å². The van der Waals surface area contributed by atoms with E-state index in [1.807, 2.05) is 6.92 Å². The molecule has 3 N–H and O–H groups in total. The Hall–Kier alpha value is -1.57. The van der Waals surface area contributed by atoms with Crippen LogP contribution in [0.5, 0.6) is 0 Å². The molecule has 1 aromatic rings. The molecular formula is C13H21F3N4O. The Bertz CT molecular complexity index is 438. The largest absolute Gasteiger partial charge is 0.451 e. The smallest absolute Gasteiger partial charge is 0.393 e. The fraction of sp³-hybridized carbons (Fsp3) is 0.692. The van der Waals surface area contributed by atoms with Crippen LogP contribution in [0.25, 0.3) is 0 Å². The molecule has 1 aromatic heterocycles. The standard InChI is InChI=1S/C13H21F3N4O/c1-3-6-17-10-8-11(18-7-4-5-9(2)21)20-12(19-10)13(14,15)16/h8-9,21H,3-7H2,1-2H3,(H2,17,18,19,20).